The summed E-state index contributed by atoms with van der Waals surface area (Å²) >= 11 is 0. The molecule has 0 N–H and O–H groups in total. The van der Waals surface area contributed by atoms with Gasteiger partial charge in [0, 0.05) is 0 Å². The zero-order chi connectivity index (χ0) is 12.2. The first kappa shape index (κ1) is 13.2. The number of allylic oxidation sites excluding steroid dienone is 1. The predicted molar refractivity (Wildman–Crippen MR) is 72.0 cm³/mol. The monoisotopic (exact) mass is 232 g/mol. The van der Waals surface area contributed by atoms with Crippen LogP contribution in [0.1, 0.15) is 39.7 Å². The first-order valence-electron chi connectivity index (χ1n) is 5.64. The van der Waals surface area contributed by atoms with E-state index in [0.29, 0.717) is 9.76 Å². The van der Waals surface area contributed by atoms with Crippen molar-refractivity contribution in [2.75, 3.05) is 0 Å². The minimum Gasteiger partial charge on any atom is -0.407 e. The van der Waals surface area contributed by atoms with Crippen LogP contribution in [-0.4, -0.2) is 15.4 Å². The van der Waals surface area contributed by atoms with Gasteiger partial charge in [-0.1, -0.05) is 43.3 Å². The third-order valence-electron chi connectivity index (χ3n) is 2.65. The first-order chi connectivity index (χ1) is 7.44. The highest BCUT2D eigenvalue weighted by atomic mass is 28.2. The summed E-state index contributed by atoms with van der Waals surface area (Å²) in [5.74, 6) is 0. The van der Waals surface area contributed by atoms with Gasteiger partial charge in [0.15, 0.2) is 0 Å². The summed E-state index contributed by atoms with van der Waals surface area (Å²) in [6.45, 7) is 12.4. The summed E-state index contributed by atoms with van der Waals surface area (Å²) in [5, 5.41) is 1.24. The van der Waals surface area contributed by atoms with Crippen molar-refractivity contribution >= 4 is 20.5 Å². The molecule has 0 aliphatic carbocycles. The second-order valence-corrected chi connectivity index (χ2v) is 5.66. The number of rotatable bonds is 5. The van der Waals surface area contributed by atoms with E-state index in [-0.39, 0.29) is 5.60 Å². The van der Waals surface area contributed by atoms with Crippen LogP contribution in [0.2, 0.25) is 0 Å². The van der Waals surface area contributed by atoms with Crippen LogP contribution in [0, 0.1) is 0 Å². The average Bonchev–Trinajstić information content (AvgIpc) is 2.27. The van der Waals surface area contributed by atoms with Gasteiger partial charge in [-0.05, 0) is 37.9 Å². The van der Waals surface area contributed by atoms with Gasteiger partial charge in [0.1, 0.15) is 0 Å². The molecule has 0 fully saturated rings. The molecule has 0 atom stereocenters. The molecule has 0 aliphatic rings. The summed E-state index contributed by atoms with van der Waals surface area (Å²) < 4.78 is 5.90. The lowest BCUT2D eigenvalue weighted by Gasteiger charge is -2.23. The van der Waals surface area contributed by atoms with E-state index in [1.165, 1.54) is 10.8 Å². The third-order valence-corrected chi connectivity index (χ3v) is 3.85. The quantitative estimate of drug-likeness (QED) is 0.709. The van der Waals surface area contributed by atoms with Crippen LogP contribution in [0.15, 0.2) is 30.8 Å². The first-order valence-corrected chi connectivity index (χ1v) is 6.55. The molecule has 0 bridgehead atoms. The van der Waals surface area contributed by atoms with E-state index >= 15 is 0 Å². The van der Waals surface area contributed by atoms with Crippen molar-refractivity contribution in [3.8, 4) is 0 Å². The van der Waals surface area contributed by atoms with Gasteiger partial charge in [0.25, 0.3) is 9.76 Å². The molecular weight excluding hydrogens is 212 g/mol. The molecule has 0 saturated carbocycles. The van der Waals surface area contributed by atoms with E-state index in [1.807, 2.05) is 6.92 Å². The molecule has 0 aliphatic heterocycles. The van der Waals surface area contributed by atoms with Crippen LogP contribution < -0.4 is 5.19 Å². The normalized spacial score (nSPS) is 11.5. The summed E-state index contributed by atoms with van der Waals surface area (Å²) in [6, 6.07) is 8.42. The molecule has 1 nitrogen and oxygen atoms in total. The molecule has 86 valence electrons. The zero-order valence-corrected chi connectivity index (χ0v) is 11.6. The molecular formula is C14H20OSi. The fourth-order valence-electron chi connectivity index (χ4n) is 1.12. The maximum Gasteiger partial charge on any atom is 0.269 e. The number of hydrogen-bond donors (Lipinski definition) is 0. The van der Waals surface area contributed by atoms with Gasteiger partial charge in [-0.2, -0.15) is 0 Å². The van der Waals surface area contributed by atoms with Gasteiger partial charge in [0.05, 0.1) is 5.60 Å². The van der Waals surface area contributed by atoms with Crippen molar-refractivity contribution in [2.24, 2.45) is 0 Å². The molecule has 0 amide bonds. The van der Waals surface area contributed by atoms with E-state index in [0.717, 1.165) is 12.0 Å². The molecule has 1 aromatic rings. The predicted octanol–water partition coefficient (Wildman–Crippen LogP) is 3.17. The second kappa shape index (κ2) is 5.46. The highest BCUT2D eigenvalue weighted by Gasteiger charge is 2.15. The highest BCUT2D eigenvalue weighted by molar-refractivity contribution is 6.47. The summed E-state index contributed by atoms with van der Waals surface area (Å²) in [7, 11) is 0.411. The van der Waals surface area contributed by atoms with Gasteiger partial charge in [-0.3, -0.25) is 0 Å². The van der Waals surface area contributed by atoms with Crippen molar-refractivity contribution < 1.29 is 4.43 Å². The fraction of sp³-hybridized carbons (Fsp3) is 0.429. The Labute approximate surface area is 101 Å². The third kappa shape index (κ3) is 3.95. The maximum absolute atomic E-state index is 5.90. The largest absolute Gasteiger partial charge is 0.407 e. The van der Waals surface area contributed by atoms with Crippen LogP contribution in [-0.2, 0) is 4.43 Å². The Kier molecular flexibility index (Phi) is 4.51. The lowest BCUT2D eigenvalue weighted by molar-refractivity contribution is 0.114. The second-order valence-electron chi connectivity index (χ2n) is 4.68. The van der Waals surface area contributed by atoms with E-state index < -0.39 is 0 Å². The molecule has 0 aromatic heterocycles. The Morgan fingerprint density at radius 2 is 2.12 bits per heavy atom. The Morgan fingerprint density at radius 3 is 2.69 bits per heavy atom. The summed E-state index contributed by atoms with van der Waals surface area (Å²) in [4.78, 5) is 0. The van der Waals surface area contributed by atoms with Crippen molar-refractivity contribution in [2.45, 2.75) is 39.7 Å². The van der Waals surface area contributed by atoms with Crippen LogP contribution in [0.5, 0.6) is 0 Å². The van der Waals surface area contributed by atoms with Crippen LogP contribution in [0.3, 0.4) is 0 Å². The van der Waals surface area contributed by atoms with Gasteiger partial charge in [0.2, 0.25) is 0 Å². The van der Waals surface area contributed by atoms with Gasteiger partial charge in [-0.25, -0.2) is 0 Å². The summed E-state index contributed by atoms with van der Waals surface area (Å²) in [5.41, 5.74) is 2.27. The summed E-state index contributed by atoms with van der Waals surface area (Å²) in [6.07, 6.45) is 1.03. The van der Waals surface area contributed by atoms with Crippen LogP contribution in [0.4, 0.5) is 0 Å². The average molecular weight is 232 g/mol. The van der Waals surface area contributed by atoms with Crippen molar-refractivity contribution in [1.82, 2.24) is 0 Å². The minimum atomic E-state index is -0.0301. The molecule has 0 spiro atoms. The van der Waals surface area contributed by atoms with Crippen molar-refractivity contribution in [1.29, 1.82) is 0 Å². The van der Waals surface area contributed by atoms with Crippen LogP contribution in [0.25, 0.3) is 5.57 Å². The minimum absolute atomic E-state index is 0.0301. The van der Waals surface area contributed by atoms with Gasteiger partial charge in [-0.15, -0.1) is 0 Å². The van der Waals surface area contributed by atoms with E-state index in [4.69, 9.17) is 4.43 Å². The fourth-order valence-corrected chi connectivity index (χ4v) is 2.03. The lowest BCUT2D eigenvalue weighted by atomic mass is 10.1. The Balaban J connectivity index is 2.68. The number of benzene rings is 1. The molecule has 2 radical (unpaired) electrons. The Morgan fingerprint density at radius 1 is 1.44 bits per heavy atom. The Bertz CT molecular complexity index is 369. The van der Waals surface area contributed by atoms with Crippen molar-refractivity contribution in [3.63, 3.8) is 0 Å². The van der Waals surface area contributed by atoms with Crippen molar-refractivity contribution in [3.05, 3.63) is 36.4 Å². The van der Waals surface area contributed by atoms with E-state index in [1.54, 1.807) is 0 Å². The number of hydrogen-bond acceptors (Lipinski definition) is 1. The van der Waals surface area contributed by atoms with E-state index in [9.17, 15) is 0 Å². The van der Waals surface area contributed by atoms with Gasteiger partial charge >= 0.3 is 0 Å². The molecule has 0 unspecified atom stereocenters. The highest BCUT2D eigenvalue weighted by Crippen LogP contribution is 2.13. The topological polar surface area (TPSA) is 9.23 Å². The molecule has 1 aromatic carbocycles. The molecule has 16 heavy (non-hydrogen) atoms. The smallest absolute Gasteiger partial charge is 0.269 e. The lowest BCUT2D eigenvalue weighted by Crippen LogP contribution is -2.30. The molecule has 0 saturated heterocycles. The Hall–Kier alpha value is -0.863. The maximum atomic E-state index is 5.90. The van der Waals surface area contributed by atoms with E-state index in [2.05, 4.69) is 51.6 Å². The SMILES string of the molecule is C=C(C)c1cccc([Si]OC(C)(C)CC)c1. The standard InChI is InChI=1S/C14H20OSi/c1-6-14(4,5)15-16-13-9-7-8-12(10-13)11(2)3/h7-10H,2,6H2,1,3-5H3. The van der Waals surface area contributed by atoms with Crippen LogP contribution >= 0.6 is 0 Å². The molecule has 0 heterocycles. The molecule has 1 rings (SSSR count). The molecule has 2 heteroatoms. The van der Waals surface area contributed by atoms with Gasteiger partial charge < -0.3 is 4.43 Å². The zero-order valence-electron chi connectivity index (χ0n) is 10.6.